The minimum atomic E-state index is 0.932. The van der Waals surface area contributed by atoms with Gasteiger partial charge in [0.05, 0.1) is 0 Å². The molecule has 61 valence electrons. The first kappa shape index (κ1) is 7.99. The van der Waals surface area contributed by atoms with Gasteiger partial charge in [0.25, 0.3) is 0 Å². The van der Waals surface area contributed by atoms with Crippen molar-refractivity contribution in [3.8, 4) is 0 Å². The zero-order valence-electron chi connectivity index (χ0n) is 7.09. The summed E-state index contributed by atoms with van der Waals surface area (Å²) in [5.41, 5.74) is 1.86. The van der Waals surface area contributed by atoms with E-state index in [1.807, 2.05) is 43.7 Å². The molecule has 0 bridgehead atoms. The fourth-order valence-electron chi connectivity index (χ4n) is 1.07. The van der Waals surface area contributed by atoms with Crippen LogP contribution in [0.1, 0.15) is 0 Å². The SMILES string of the molecule is [B](c1ccccn1)c1ccccn1. The number of rotatable bonds is 2. The van der Waals surface area contributed by atoms with E-state index in [0.717, 1.165) is 11.2 Å². The number of hydrogen-bond donors (Lipinski definition) is 0. The van der Waals surface area contributed by atoms with Crippen molar-refractivity contribution in [3.63, 3.8) is 0 Å². The van der Waals surface area contributed by atoms with Crippen LogP contribution in [0.4, 0.5) is 0 Å². The molecule has 0 atom stereocenters. The third-order valence-electron chi connectivity index (χ3n) is 1.67. The molecule has 1 radical (unpaired) electrons. The van der Waals surface area contributed by atoms with Crippen LogP contribution < -0.4 is 11.2 Å². The molecule has 0 fully saturated rings. The van der Waals surface area contributed by atoms with Gasteiger partial charge in [0.2, 0.25) is 7.28 Å². The van der Waals surface area contributed by atoms with Crippen LogP contribution in [-0.4, -0.2) is 17.2 Å². The van der Waals surface area contributed by atoms with E-state index in [-0.39, 0.29) is 0 Å². The Morgan fingerprint density at radius 1 is 0.769 bits per heavy atom. The van der Waals surface area contributed by atoms with Crippen molar-refractivity contribution in [1.29, 1.82) is 0 Å². The summed E-state index contributed by atoms with van der Waals surface area (Å²) in [6, 6.07) is 11.6. The summed E-state index contributed by atoms with van der Waals surface area (Å²) in [6.07, 6.45) is 3.55. The Balaban J connectivity index is 2.16. The number of hydrogen-bond acceptors (Lipinski definition) is 2. The molecular formula is C10H8BN2. The topological polar surface area (TPSA) is 25.8 Å². The maximum absolute atomic E-state index is 4.18. The molecule has 3 heteroatoms. The molecule has 0 aliphatic heterocycles. The molecule has 0 saturated heterocycles. The zero-order chi connectivity index (χ0) is 8.93. The number of aromatic nitrogens is 2. The number of nitrogens with zero attached hydrogens (tertiary/aromatic N) is 2. The fraction of sp³-hybridized carbons (Fsp3) is 0. The van der Waals surface area contributed by atoms with Crippen LogP contribution in [0.2, 0.25) is 0 Å². The predicted molar refractivity (Wildman–Crippen MR) is 53.5 cm³/mol. The van der Waals surface area contributed by atoms with Crippen molar-refractivity contribution in [2.75, 3.05) is 0 Å². The summed E-state index contributed by atoms with van der Waals surface area (Å²) in [6.45, 7) is 0. The first-order chi connectivity index (χ1) is 6.45. The molecule has 2 aromatic rings. The van der Waals surface area contributed by atoms with Crippen LogP contribution in [0.25, 0.3) is 0 Å². The molecule has 0 N–H and O–H groups in total. The summed E-state index contributed by atoms with van der Waals surface area (Å²) in [4.78, 5) is 8.36. The predicted octanol–water partition coefficient (Wildman–Crippen LogP) is 0.132. The maximum Gasteiger partial charge on any atom is 0.242 e. The summed E-state index contributed by atoms with van der Waals surface area (Å²) in [5.74, 6) is 0. The van der Waals surface area contributed by atoms with Gasteiger partial charge in [-0.15, -0.1) is 0 Å². The Kier molecular flexibility index (Phi) is 2.37. The highest BCUT2D eigenvalue weighted by atomic mass is 14.7. The molecule has 0 unspecified atom stereocenters. The van der Waals surface area contributed by atoms with Crippen LogP contribution >= 0.6 is 0 Å². The second-order valence-corrected chi connectivity index (χ2v) is 2.65. The highest BCUT2D eigenvalue weighted by Crippen LogP contribution is 1.78. The van der Waals surface area contributed by atoms with Gasteiger partial charge in [-0.2, -0.15) is 0 Å². The lowest BCUT2D eigenvalue weighted by atomic mass is 9.70. The van der Waals surface area contributed by atoms with E-state index in [1.54, 1.807) is 12.4 Å². The fourth-order valence-corrected chi connectivity index (χ4v) is 1.07. The van der Waals surface area contributed by atoms with Crippen LogP contribution in [0.15, 0.2) is 48.8 Å². The number of pyridine rings is 2. The third-order valence-corrected chi connectivity index (χ3v) is 1.67. The summed E-state index contributed by atoms with van der Waals surface area (Å²) in [5, 5.41) is 0. The van der Waals surface area contributed by atoms with E-state index >= 15 is 0 Å². The molecule has 0 aliphatic rings. The van der Waals surface area contributed by atoms with E-state index in [4.69, 9.17) is 0 Å². The van der Waals surface area contributed by atoms with Crippen molar-refractivity contribution < 1.29 is 0 Å². The monoisotopic (exact) mass is 167 g/mol. The third kappa shape index (κ3) is 2.15. The largest absolute Gasteiger partial charge is 0.272 e. The molecule has 0 saturated carbocycles. The minimum absolute atomic E-state index is 0.932. The molecule has 0 aliphatic carbocycles. The second kappa shape index (κ2) is 3.85. The Morgan fingerprint density at radius 2 is 1.31 bits per heavy atom. The van der Waals surface area contributed by atoms with Crippen LogP contribution in [0.3, 0.4) is 0 Å². The van der Waals surface area contributed by atoms with Gasteiger partial charge < -0.3 is 0 Å². The molecule has 2 rings (SSSR count). The van der Waals surface area contributed by atoms with E-state index < -0.39 is 0 Å². The molecule has 13 heavy (non-hydrogen) atoms. The highest BCUT2D eigenvalue weighted by Gasteiger charge is 1.98. The van der Waals surface area contributed by atoms with Gasteiger partial charge in [0.15, 0.2) is 0 Å². The van der Waals surface area contributed by atoms with Crippen molar-refractivity contribution in [3.05, 3.63) is 48.8 Å². The minimum Gasteiger partial charge on any atom is -0.272 e. The van der Waals surface area contributed by atoms with Crippen molar-refractivity contribution in [2.45, 2.75) is 0 Å². The molecule has 0 aromatic carbocycles. The average molecular weight is 167 g/mol. The first-order valence-electron chi connectivity index (χ1n) is 4.12. The lowest BCUT2D eigenvalue weighted by Gasteiger charge is -1.96. The highest BCUT2D eigenvalue weighted by molar-refractivity contribution is 6.65. The Morgan fingerprint density at radius 3 is 1.69 bits per heavy atom. The normalized spacial score (nSPS) is 9.54. The van der Waals surface area contributed by atoms with E-state index in [0.29, 0.717) is 0 Å². The van der Waals surface area contributed by atoms with Gasteiger partial charge in [-0.3, -0.25) is 9.97 Å². The summed E-state index contributed by atoms with van der Waals surface area (Å²) in [7, 11) is 1.94. The van der Waals surface area contributed by atoms with Gasteiger partial charge in [-0.25, -0.2) is 0 Å². The molecule has 2 heterocycles. The van der Waals surface area contributed by atoms with E-state index in [2.05, 4.69) is 9.97 Å². The van der Waals surface area contributed by atoms with Gasteiger partial charge in [0.1, 0.15) is 0 Å². The zero-order valence-corrected chi connectivity index (χ0v) is 7.09. The first-order valence-corrected chi connectivity index (χ1v) is 4.12. The van der Waals surface area contributed by atoms with Crippen molar-refractivity contribution >= 4 is 18.5 Å². The molecule has 0 spiro atoms. The lowest BCUT2D eigenvalue weighted by Crippen LogP contribution is -2.30. The molecule has 2 aromatic heterocycles. The lowest BCUT2D eigenvalue weighted by molar-refractivity contribution is 1.36. The smallest absolute Gasteiger partial charge is 0.242 e. The van der Waals surface area contributed by atoms with Crippen molar-refractivity contribution in [1.82, 2.24) is 9.97 Å². The standard InChI is InChI=1S/C10H8BN2/c1-3-7-12-9(5-1)11-10-6-2-4-8-13-10/h1-8H. The molecule has 2 nitrogen and oxygen atoms in total. The quantitative estimate of drug-likeness (QED) is 0.594. The Bertz CT molecular complexity index is 324. The van der Waals surface area contributed by atoms with Gasteiger partial charge in [-0.05, 0) is 12.1 Å². The Hall–Kier alpha value is -1.64. The summed E-state index contributed by atoms with van der Waals surface area (Å²) < 4.78 is 0. The van der Waals surface area contributed by atoms with E-state index in [9.17, 15) is 0 Å². The molecular weight excluding hydrogens is 159 g/mol. The van der Waals surface area contributed by atoms with Crippen molar-refractivity contribution in [2.24, 2.45) is 0 Å². The molecule has 0 amide bonds. The van der Waals surface area contributed by atoms with Crippen LogP contribution in [0.5, 0.6) is 0 Å². The van der Waals surface area contributed by atoms with Gasteiger partial charge in [-0.1, -0.05) is 24.3 Å². The maximum atomic E-state index is 4.18. The van der Waals surface area contributed by atoms with Crippen LogP contribution in [-0.2, 0) is 0 Å². The average Bonchev–Trinajstić information content (AvgIpc) is 2.21. The van der Waals surface area contributed by atoms with Gasteiger partial charge >= 0.3 is 0 Å². The van der Waals surface area contributed by atoms with Crippen LogP contribution in [0, 0.1) is 0 Å². The summed E-state index contributed by atoms with van der Waals surface area (Å²) >= 11 is 0. The Labute approximate surface area is 77.9 Å². The van der Waals surface area contributed by atoms with E-state index in [1.165, 1.54) is 0 Å². The van der Waals surface area contributed by atoms with Gasteiger partial charge in [0, 0.05) is 23.6 Å². The second-order valence-electron chi connectivity index (χ2n) is 2.65.